The third-order valence-electron chi connectivity index (χ3n) is 3.44. The smallest absolute Gasteiger partial charge is 0.119 e. The van der Waals surface area contributed by atoms with Gasteiger partial charge in [-0.3, -0.25) is 4.98 Å². The van der Waals surface area contributed by atoms with Gasteiger partial charge >= 0.3 is 0 Å². The van der Waals surface area contributed by atoms with E-state index in [1.807, 2.05) is 24.4 Å². The number of nitrogens with zero attached hydrogens (tertiary/aromatic N) is 3. The van der Waals surface area contributed by atoms with E-state index < -0.39 is 0 Å². The Kier molecular flexibility index (Phi) is 5.11. The number of hydrogen-bond acceptors (Lipinski definition) is 3. The Labute approximate surface area is 143 Å². The molecule has 3 aromatic rings. The van der Waals surface area contributed by atoms with Crippen molar-refractivity contribution in [1.82, 2.24) is 14.5 Å². The Hall–Kier alpha value is -1.97. The summed E-state index contributed by atoms with van der Waals surface area (Å²) >= 11 is 0. The van der Waals surface area contributed by atoms with Crippen molar-refractivity contribution < 1.29 is 24.8 Å². The number of pyridine rings is 1. The molecule has 0 saturated heterocycles. The molecule has 2 heterocycles. The Morgan fingerprint density at radius 1 is 1.14 bits per heavy atom. The summed E-state index contributed by atoms with van der Waals surface area (Å²) in [6, 6.07) is 9.09. The van der Waals surface area contributed by atoms with Crippen LogP contribution >= 0.6 is 0 Å². The van der Waals surface area contributed by atoms with E-state index in [0.29, 0.717) is 0 Å². The Morgan fingerprint density at radius 2 is 1.86 bits per heavy atom. The molecule has 115 valence electrons. The van der Waals surface area contributed by atoms with Crippen molar-refractivity contribution in [3.63, 3.8) is 0 Å². The van der Waals surface area contributed by atoms with E-state index in [-0.39, 0.29) is 20.1 Å². The molecule has 1 aromatic carbocycles. The van der Waals surface area contributed by atoms with Crippen LogP contribution in [0.5, 0.6) is 5.75 Å². The summed E-state index contributed by atoms with van der Waals surface area (Å²) in [5, 5.41) is 0. The average molecular weight is 471 g/mol. The average Bonchev–Trinajstić information content (AvgIpc) is 2.96. The predicted octanol–water partition coefficient (Wildman–Crippen LogP) is 3.36. The molecule has 0 N–H and O–H groups in total. The number of aryl methyl sites for hydroxylation is 2. The molecule has 0 amide bonds. The van der Waals surface area contributed by atoms with Gasteiger partial charge in [0.05, 0.1) is 7.11 Å². The van der Waals surface area contributed by atoms with Crippen LogP contribution in [0.4, 0.5) is 0 Å². The van der Waals surface area contributed by atoms with Gasteiger partial charge in [0.2, 0.25) is 0 Å². The molecule has 2 aromatic heterocycles. The maximum absolute atomic E-state index is 5.32. The van der Waals surface area contributed by atoms with Gasteiger partial charge in [0.25, 0.3) is 0 Å². The Balaban J connectivity index is 0.00000176. The van der Waals surface area contributed by atoms with Gasteiger partial charge in [0, 0.05) is 44.0 Å². The summed E-state index contributed by atoms with van der Waals surface area (Å²) in [4.78, 5) is 8.47. The quantitative estimate of drug-likeness (QED) is 0.552. The van der Waals surface area contributed by atoms with Crippen LogP contribution in [0.1, 0.15) is 11.1 Å². The van der Waals surface area contributed by atoms with Gasteiger partial charge in [-0.25, -0.2) is 0 Å². The standard InChI is InChI=1S/C17H16N3O.Ir/c1-12-10-15(21-3)11-13(2)16(12)20-9-8-19-17(20)14-4-6-18-7-5-14;/h4,6-11H,1-3H3;/q-1;. The third kappa shape index (κ3) is 2.96. The number of rotatable bonds is 3. The van der Waals surface area contributed by atoms with E-state index >= 15 is 0 Å². The first-order valence-electron chi connectivity index (χ1n) is 6.71. The molecule has 0 spiro atoms. The summed E-state index contributed by atoms with van der Waals surface area (Å²) in [7, 11) is 1.68. The molecule has 0 aliphatic carbocycles. The molecule has 22 heavy (non-hydrogen) atoms. The zero-order valence-corrected chi connectivity index (χ0v) is 15.0. The van der Waals surface area contributed by atoms with Crippen molar-refractivity contribution in [2.45, 2.75) is 13.8 Å². The van der Waals surface area contributed by atoms with E-state index in [2.05, 4.69) is 34.4 Å². The molecule has 3 rings (SSSR count). The fourth-order valence-electron chi connectivity index (χ4n) is 2.55. The van der Waals surface area contributed by atoms with Crippen LogP contribution in [0.15, 0.2) is 43.0 Å². The van der Waals surface area contributed by atoms with E-state index in [9.17, 15) is 0 Å². The van der Waals surface area contributed by atoms with Crippen LogP contribution in [0.3, 0.4) is 0 Å². The van der Waals surface area contributed by atoms with E-state index in [1.54, 1.807) is 25.7 Å². The molecule has 1 radical (unpaired) electrons. The molecule has 0 aliphatic heterocycles. The fraction of sp³-hybridized carbons (Fsp3) is 0.176. The molecule has 0 atom stereocenters. The Bertz CT molecular complexity index is 746. The van der Waals surface area contributed by atoms with Crippen LogP contribution in [0, 0.1) is 19.9 Å². The maximum atomic E-state index is 5.32. The minimum absolute atomic E-state index is 0. The van der Waals surface area contributed by atoms with Gasteiger partial charge in [0.1, 0.15) is 5.75 Å². The number of benzene rings is 1. The summed E-state index contributed by atoms with van der Waals surface area (Å²) < 4.78 is 7.40. The first-order valence-corrected chi connectivity index (χ1v) is 6.71. The van der Waals surface area contributed by atoms with Gasteiger partial charge in [-0.05, 0) is 49.5 Å². The second kappa shape index (κ2) is 6.86. The van der Waals surface area contributed by atoms with Gasteiger partial charge < -0.3 is 14.3 Å². The summed E-state index contributed by atoms with van der Waals surface area (Å²) in [5.74, 6) is 1.72. The van der Waals surface area contributed by atoms with Crippen molar-refractivity contribution in [2.24, 2.45) is 0 Å². The first-order chi connectivity index (χ1) is 10.2. The largest absolute Gasteiger partial charge is 0.497 e. The molecular weight excluding hydrogens is 454 g/mol. The van der Waals surface area contributed by atoms with Gasteiger partial charge in [-0.2, -0.15) is 6.07 Å². The van der Waals surface area contributed by atoms with Crippen molar-refractivity contribution in [1.29, 1.82) is 0 Å². The molecular formula is C17H16IrN3O-. The maximum Gasteiger partial charge on any atom is 0.119 e. The summed E-state index contributed by atoms with van der Waals surface area (Å²) in [5.41, 5.74) is 4.32. The van der Waals surface area contributed by atoms with Gasteiger partial charge in [0.15, 0.2) is 0 Å². The van der Waals surface area contributed by atoms with Crippen molar-refractivity contribution >= 4 is 0 Å². The first kappa shape index (κ1) is 16.4. The topological polar surface area (TPSA) is 39.9 Å². The third-order valence-corrected chi connectivity index (χ3v) is 3.44. The fourth-order valence-corrected chi connectivity index (χ4v) is 2.55. The van der Waals surface area contributed by atoms with Crippen LogP contribution in [-0.2, 0) is 20.1 Å². The van der Waals surface area contributed by atoms with Gasteiger partial charge in [-0.15, -0.1) is 11.6 Å². The zero-order chi connectivity index (χ0) is 14.8. The molecule has 0 fully saturated rings. The normalized spacial score (nSPS) is 10.1. The van der Waals surface area contributed by atoms with E-state index in [1.165, 1.54) is 0 Å². The zero-order valence-electron chi connectivity index (χ0n) is 12.6. The predicted molar refractivity (Wildman–Crippen MR) is 81.7 cm³/mol. The SMILES string of the molecule is COc1cc(C)c(-n2ccnc2-c2[c-]cncc2)c(C)c1.[Ir]. The molecule has 5 heteroatoms. The number of aromatic nitrogens is 3. The van der Waals surface area contributed by atoms with Crippen LogP contribution in [0.2, 0.25) is 0 Å². The number of hydrogen-bond donors (Lipinski definition) is 0. The summed E-state index contributed by atoms with van der Waals surface area (Å²) in [6.45, 7) is 4.15. The van der Waals surface area contributed by atoms with Crippen LogP contribution < -0.4 is 4.74 Å². The summed E-state index contributed by atoms with van der Waals surface area (Å²) in [6.07, 6.45) is 7.17. The van der Waals surface area contributed by atoms with Crippen LogP contribution in [0.25, 0.3) is 17.1 Å². The number of ether oxygens (including phenoxy) is 1. The van der Waals surface area contributed by atoms with Crippen molar-refractivity contribution in [2.75, 3.05) is 7.11 Å². The minimum atomic E-state index is 0. The molecule has 0 aliphatic rings. The second-order valence-corrected chi connectivity index (χ2v) is 4.88. The van der Waals surface area contributed by atoms with E-state index in [4.69, 9.17) is 4.74 Å². The molecule has 0 saturated carbocycles. The molecule has 0 bridgehead atoms. The van der Waals surface area contributed by atoms with E-state index in [0.717, 1.165) is 34.0 Å². The number of methoxy groups -OCH3 is 1. The minimum Gasteiger partial charge on any atom is -0.497 e. The van der Waals surface area contributed by atoms with Crippen molar-refractivity contribution in [3.05, 3.63) is 60.2 Å². The monoisotopic (exact) mass is 471 g/mol. The second-order valence-electron chi connectivity index (χ2n) is 4.88. The Morgan fingerprint density at radius 3 is 2.45 bits per heavy atom. The molecule has 4 nitrogen and oxygen atoms in total. The van der Waals surface area contributed by atoms with Gasteiger partial charge in [-0.1, -0.05) is 0 Å². The number of imidazole rings is 1. The van der Waals surface area contributed by atoms with Crippen LogP contribution in [-0.4, -0.2) is 21.6 Å². The molecule has 0 unspecified atom stereocenters. The van der Waals surface area contributed by atoms with Crippen molar-refractivity contribution in [3.8, 4) is 22.8 Å².